The molecule has 0 saturated heterocycles. The third-order valence-corrected chi connectivity index (χ3v) is 5.11. The van der Waals surface area contributed by atoms with Gasteiger partial charge in [0.1, 0.15) is 17.5 Å². The molecule has 0 bridgehead atoms. The third kappa shape index (κ3) is 2.98. The van der Waals surface area contributed by atoms with E-state index in [1.165, 1.54) is 19.2 Å². The Kier molecular flexibility index (Phi) is 4.35. The summed E-state index contributed by atoms with van der Waals surface area (Å²) in [6.07, 6.45) is 0. The number of H-pyrrole nitrogens is 1. The normalized spacial score (nSPS) is 14.4. The topological polar surface area (TPSA) is 120 Å². The van der Waals surface area contributed by atoms with Crippen molar-refractivity contribution in [3.05, 3.63) is 69.8 Å². The maximum Gasteiger partial charge on any atom is 0.288 e. The highest BCUT2D eigenvalue weighted by atomic mass is 19.1. The molecule has 0 unspecified atom stereocenters. The summed E-state index contributed by atoms with van der Waals surface area (Å²) in [5, 5.41) is 21.6. The van der Waals surface area contributed by atoms with Crippen LogP contribution in [-0.4, -0.2) is 44.6 Å². The Morgan fingerprint density at radius 3 is 2.58 bits per heavy atom. The van der Waals surface area contributed by atoms with Crippen LogP contribution in [-0.2, 0) is 0 Å². The quantitative estimate of drug-likeness (QED) is 0.454. The molecule has 2 aromatic carbocycles. The number of fused-ring (bicyclic) bond motifs is 2. The maximum atomic E-state index is 13.5. The first-order valence-electron chi connectivity index (χ1n) is 9.26. The smallest absolute Gasteiger partial charge is 0.288 e. The number of hydrogen-bond acceptors (Lipinski definition) is 8. The molecule has 5 rings (SSSR count). The number of tetrazole rings is 1. The number of methoxy groups -OCH3 is 2. The van der Waals surface area contributed by atoms with Crippen LogP contribution in [0.2, 0.25) is 0 Å². The van der Waals surface area contributed by atoms with E-state index in [2.05, 4.69) is 31.0 Å². The molecular weight excluding hydrogens is 405 g/mol. The van der Waals surface area contributed by atoms with Crippen LogP contribution in [0.4, 0.5) is 16.0 Å². The van der Waals surface area contributed by atoms with Crippen molar-refractivity contribution < 1.29 is 13.9 Å². The van der Waals surface area contributed by atoms with Crippen molar-refractivity contribution in [3.8, 4) is 22.8 Å². The Morgan fingerprint density at radius 2 is 1.84 bits per heavy atom. The van der Waals surface area contributed by atoms with Crippen LogP contribution in [0.5, 0.6) is 11.5 Å². The molecule has 31 heavy (non-hydrogen) atoms. The summed E-state index contributed by atoms with van der Waals surface area (Å²) in [5.74, 6) is 0.990. The van der Waals surface area contributed by atoms with E-state index in [-0.39, 0.29) is 11.5 Å². The second-order valence-corrected chi connectivity index (χ2v) is 6.79. The van der Waals surface area contributed by atoms with Crippen LogP contribution in [0.15, 0.2) is 47.3 Å². The van der Waals surface area contributed by atoms with E-state index < -0.39 is 11.6 Å². The standard InChI is InChI=1S/C20H16FN7O3/c1-30-13-8-5-11(9-14(13)31-2)18-15-16(10-3-6-12(21)7-4-10)23-24-19(29)17(15)22-20-25-26-27-28(18)20/h3-9,18H,1-2H3,(H,24,29)(H,22,25,27)/t18-/m0/s1. The number of ether oxygens (including phenoxy) is 2. The van der Waals surface area contributed by atoms with Gasteiger partial charge in [-0.1, -0.05) is 11.2 Å². The lowest BCUT2D eigenvalue weighted by atomic mass is 9.92. The summed E-state index contributed by atoms with van der Waals surface area (Å²) < 4.78 is 25.9. The van der Waals surface area contributed by atoms with Gasteiger partial charge in [-0.15, -0.1) is 0 Å². The molecule has 1 aliphatic heterocycles. The predicted molar refractivity (Wildman–Crippen MR) is 108 cm³/mol. The van der Waals surface area contributed by atoms with Crippen LogP contribution in [0.25, 0.3) is 11.3 Å². The van der Waals surface area contributed by atoms with Gasteiger partial charge in [0.2, 0.25) is 5.95 Å². The number of aromatic amines is 1. The van der Waals surface area contributed by atoms with E-state index in [4.69, 9.17) is 9.47 Å². The lowest BCUT2D eigenvalue weighted by molar-refractivity contribution is 0.354. The zero-order valence-corrected chi connectivity index (χ0v) is 16.5. The summed E-state index contributed by atoms with van der Waals surface area (Å²) in [6, 6.07) is 10.6. The van der Waals surface area contributed by atoms with Crippen LogP contribution >= 0.6 is 0 Å². The van der Waals surface area contributed by atoms with Gasteiger partial charge in [0, 0.05) is 11.1 Å². The molecule has 0 spiro atoms. The highest BCUT2D eigenvalue weighted by Gasteiger charge is 2.34. The molecular formula is C20H16FN7O3. The van der Waals surface area contributed by atoms with E-state index >= 15 is 0 Å². The van der Waals surface area contributed by atoms with Gasteiger partial charge in [0.25, 0.3) is 5.56 Å². The van der Waals surface area contributed by atoms with Crippen LogP contribution < -0.4 is 20.3 Å². The van der Waals surface area contributed by atoms with Crippen LogP contribution in [0.1, 0.15) is 17.2 Å². The van der Waals surface area contributed by atoms with Crippen molar-refractivity contribution in [2.75, 3.05) is 19.5 Å². The first-order valence-corrected chi connectivity index (χ1v) is 9.26. The Hall–Kier alpha value is -4.28. The Labute approximate surface area is 174 Å². The fourth-order valence-electron chi connectivity index (χ4n) is 3.70. The van der Waals surface area contributed by atoms with E-state index in [9.17, 15) is 9.18 Å². The molecule has 1 aliphatic rings. The van der Waals surface area contributed by atoms with E-state index in [0.717, 1.165) is 5.56 Å². The molecule has 0 amide bonds. The minimum Gasteiger partial charge on any atom is -0.493 e. The second-order valence-electron chi connectivity index (χ2n) is 6.79. The number of rotatable bonds is 4. The highest BCUT2D eigenvalue weighted by molar-refractivity contribution is 5.75. The van der Waals surface area contributed by atoms with Crippen LogP contribution in [0, 0.1) is 5.82 Å². The average Bonchev–Trinajstić information content (AvgIpc) is 3.27. The van der Waals surface area contributed by atoms with Gasteiger partial charge >= 0.3 is 0 Å². The van der Waals surface area contributed by atoms with Gasteiger partial charge in [0.05, 0.1) is 19.9 Å². The summed E-state index contributed by atoms with van der Waals surface area (Å²) in [5.41, 5.74) is 2.20. The minimum atomic E-state index is -0.601. The Morgan fingerprint density at radius 1 is 1.06 bits per heavy atom. The number of anilines is 2. The van der Waals surface area contributed by atoms with Crippen LogP contribution in [0.3, 0.4) is 0 Å². The minimum absolute atomic E-state index is 0.261. The maximum absolute atomic E-state index is 13.5. The van der Waals surface area contributed by atoms with E-state index in [0.29, 0.717) is 34.3 Å². The number of nitrogens with one attached hydrogen (secondary N) is 2. The van der Waals surface area contributed by atoms with E-state index in [1.807, 2.05) is 6.07 Å². The number of aromatic nitrogens is 6. The van der Waals surface area contributed by atoms with Gasteiger partial charge in [-0.2, -0.15) is 9.78 Å². The van der Waals surface area contributed by atoms with Crippen molar-refractivity contribution in [3.63, 3.8) is 0 Å². The zero-order chi connectivity index (χ0) is 21.5. The molecule has 0 radical (unpaired) electrons. The number of benzene rings is 2. The lowest BCUT2D eigenvalue weighted by Gasteiger charge is -2.28. The zero-order valence-electron chi connectivity index (χ0n) is 16.5. The molecule has 0 fully saturated rings. The molecule has 2 aromatic heterocycles. The molecule has 1 atom stereocenters. The first kappa shape index (κ1) is 18.7. The summed E-state index contributed by atoms with van der Waals surface area (Å²) in [7, 11) is 3.09. The molecule has 0 aliphatic carbocycles. The average molecular weight is 421 g/mol. The Balaban J connectivity index is 1.79. The molecule has 4 aromatic rings. The van der Waals surface area contributed by atoms with Gasteiger partial charge in [-0.3, -0.25) is 4.79 Å². The largest absolute Gasteiger partial charge is 0.493 e. The third-order valence-electron chi connectivity index (χ3n) is 5.11. The van der Waals surface area contributed by atoms with E-state index in [1.54, 1.807) is 36.1 Å². The summed E-state index contributed by atoms with van der Waals surface area (Å²) in [6.45, 7) is 0. The molecule has 156 valence electrons. The van der Waals surface area contributed by atoms with Crippen molar-refractivity contribution >= 4 is 11.6 Å². The molecule has 11 heteroatoms. The predicted octanol–water partition coefficient (Wildman–Crippen LogP) is 2.27. The number of halogens is 1. The molecule has 3 heterocycles. The lowest BCUT2D eigenvalue weighted by Crippen LogP contribution is -2.29. The SMILES string of the molecule is COc1ccc([C@H]2c3c(-c4ccc(F)cc4)n[nH]c(=O)c3Nc3nnnn32)cc1OC. The van der Waals surface area contributed by atoms with Crippen molar-refractivity contribution in [2.24, 2.45) is 0 Å². The van der Waals surface area contributed by atoms with Gasteiger partial charge in [0.15, 0.2) is 11.5 Å². The first-order chi connectivity index (χ1) is 15.1. The Bertz CT molecular complexity index is 1330. The highest BCUT2D eigenvalue weighted by Crippen LogP contribution is 2.42. The van der Waals surface area contributed by atoms with Crippen molar-refractivity contribution in [1.29, 1.82) is 0 Å². The molecule has 2 N–H and O–H groups in total. The fourth-order valence-corrected chi connectivity index (χ4v) is 3.70. The fraction of sp³-hybridized carbons (Fsp3) is 0.150. The molecule has 10 nitrogen and oxygen atoms in total. The van der Waals surface area contributed by atoms with Crippen molar-refractivity contribution in [2.45, 2.75) is 6.04 Å². The van der Waals surface area contributed by atoms with Gasteiger partial charge in [-0.25, -0.2) is 9.49 Å². The second kappa shape index (κ2) is 7.20. The van der Waals surface area contributed by atoms with Gasteiger partial charge < -0.3 is 14.8 Å². The van der Waals surface area contributed by atoms with Crippen molar-refractivity contribution in [1.82, 2.24) is 30.4 Å². The number of nitrogens with zero attached hydrogens (tertiary/aromatic N) is 5. The van der Waals surface area contributed by atoms with Gasteiger partial charge in [-0.05, 0) is 52.4 Å². The summed E-state index contributed by atoms with van der Waals surface area (Å²) >= 11 is 0. The summed E-state index contributed by atoms with van der Waals surface area (Å²) in [4.78, 5) is 12.7. The number of hydrogen-bond donors (Lipinski definition) is 2. The molecule has 0 saturated carbocycles. The monoisotopic (exact) mass is 421 g/mol.